The van der Waals surface area contributed by atoms with Crippen LogP contribution in [0.25, 0.3) is 11.0 Å². The first-order valence-corrected chi connectivity index (χ1v) is 8.46. The van der Waals surface area contributed by atoms with Crippen LogP contribution in [0.4, 0.5) is 5.69 Å². The maximum Gasteiger partial charge on any atom is 0.269 e. The molecule has 7 heteroatoms. The van der Waals surface area contributed by atoms with Crippen LogP contribution in [-0.4, -0.2) is 26.9 Å². The minimum atomic E-state index is -0.488. The van der Waals surface area contributed by atoms with Crippen molar-refractivity contribution in [2.45, 2.75) is 26.3 Å². The van der Waals surface area contributed by atoms with Crippen molar-refractivity contribution < 1.29 is 9.72 Å². The molecule has 7 nitrogen and oxygen atoms in total. The molecule has 1 heterocycles. The van der Waals surface area contributed by atoms with Crippen LogP contribution in [0.5, 0.6) is 0 Å². The smallest absolute Gasteiger partial charge is 0.269 e. The second-order valence-corrected chi connectivity index (χ2v) is 6.29. The van der Waals surface area contributed by atoms with E-state index in [2.05, 4.69) is 28.7 Å². The van der Waals surface area contributed by atoms with E-state index in [1.165, 1.54) is 24.3 Å². The Bertz CT molecular complexity index is 945. The molecule has 26 heavy (non-hydrogen) atoms. The molecule has 2 aromatic carbocycles. The zero-order valence-electron chi connectivity index (χ0n) is 14.7. The molecule has 3 aromatic rings. The van der Waals surface area contributed by atoms with Crippen molar-refractivity contribution in [3.8, 4) is 0 Å². The highest BCUT2D eigenvalue weighted by Crippen LogP contribution is 2.21. The summed E-state index contributed by atoms with van der Waals surface area (Å²) in [6.07, 6.45) is 0.603. The molecule has 0 atom stereocenters. The van der Waals surface area contributed by atoms with Crippen molar-refractivity contribution in [2.24, 2.45) is 0 Å². The minimum Gasteiger partial charge on any atom is -0.352 e. The van der Waals surface area contributed by atoms with E-state index < -0.39 is 4.92 Å². The van der Waals surface area contributed by atoms with Crippen LogP contribution in [0.1, 0.15) is 36.1 Å². The first kappa shape index (κ1) is 17.6. The summed E-state index contributed by atoms with van der Waals surface area (Å²) in [5, 5.41) is 13.5. The minimum absolute atomic E-state index is 0.0350. The Morgan fingerprint density at radius 3 is 2.54 bits per heavy atom. The largest absolute Gasteiger partial charge is 0.352 e. The van der Waals surface area contributed by atoms with Gasteiger partial charge in [0.2, 0.25) is 0 Å². The van der Waals surface area contributed by atoms with E-state index in [1.807, 2.05) is 24.3 Å². The molecule has 1 aromatic heterocycles. The standard InChI is InChI=1S/C19H20N4O3/c1-13(2)22-17-6-4-3-5-16(17)21-18(22)11-12-20-19(24)14-7-9-15(10-8-14)23(25)26/h3-10,13H,11-12H2,1-2H3,(H,20,24). The number of nitrogens with one attached hydrogen (secondary N) is 1. The Morgan fingerprint density at radius 2 is 1.88 bits per heavy atom. The van der Waals surface area contributed by atoms with Gasteiger partial charge in [-0.2, -0.15) is 0 Å². The quantitative estimate of drug-likeness (QED) is 0.543. The molecule has 1 amide bonds. The van der Waals surface area contributed by atoms with Gasteiger partial charge in [0, 0.05) is 36.7 Å². The van der Waals surface area contributed by atoms with Gasteiger partial charge in [0.25, 0.3) is 11.6 Å². The van der Waals surface area contributed by atoms with Crippen LogP contribution in [0.3, 0.4) is 0 Å². The lowest BCUT2D eigenvalue weighted by molar-refractivity contribution is -0.384. The predicted octanol–water partition coefficient (Wildman–Crippen LogP) is 3.50. The number of nitrogens with zero attached hydrogens (tertiary/aromatic N) is 3. The molecule has 0 fully saturated rings. The normalized spacial score (nSPS) is 11.0. The number of non-ortho nitro benzene ring substituents is 1. The number of hydrogen-bond acceptors (Lipinski definition) is 4. The summed E-state index contributed by atoms with van der Waals surface area (Å²) < 4.78 is 2.17. The summed E-state index contributed by atoms with van der Waals surface area (Å²) in [6.45, 7) is 4.64. The molecule has 0 aliphatic rings. The van der Waals surface area contributed by atoms with Crippen molar-refractivity contribution in [1.29, 1.82) is 0 Å². The van der Waals surface area contributed by atoms with E-state index in [0.29, 0.717) is 18.5 Å². The van der Waals surface area contributed by atoms with Crippen LogP contribution in [-0.2, 0) is 6.42 Å². The molecular weight excluding hydrogens is 332 g/mol. The fourth-order valence-electron chi connectivity index (χ4n) is 2.97. The van der Waals surface area contributed by atoms with Gasteiger partial charge in [-0.05, 0) is 38.1 Å². The Balaban J connectivity index is 1.68. The fourth-order valence-corrected chi connectivity index (χ4v) is 2.97. The zero-order valence-corrected chi connectivity index (χ0v) is 14.7. The van der Waals surface area contributed by atoms with Crippen LogP contribution in [0.2, 0.25) is 0 Å². The predicted molar refractivity (Wildman–Crippen MR) is 99.3 cm³/mol. The third-order valence-corrected chi connectivity index (χ3v) is 4.16. The molecule has 0 bridgehead atoms. The molecule has 0 aliphatic heterocycles. The number of carbonyl (C=O) groups is 1. The van der Waals surface area contributed by atoms with Crippen LogP contribution < -0.4 is 5.32 Å². The molecule has 3 rings (SSSR count). The van der Waals surface area contributed by atoms with Crippen molar-refractivity contribution in [3.05, 3.63) is 70.0 Å². The van der Waals surface area contributed by atoms with Gasteiger partial charge in [0.05, 0.1) is 16.0 Å². The number of fused-ring (bicyclic) bond motifs is 1. The fraction of sp³-hybridized carbons (Fsp3) is 0.263. The Labute approximate surface area is 150 Å². The van der Waals surface area contributed by atoms with Gasteiger partial charge < -0.3 is 9.88 Å². The Morgan fingerprint density at radius 1 is 1.19 bits per heavy atom. The molecule has 1 N–H and O–H groups in total. The average molecular weight is 352 g/mol. The first-order chi connectivity index (χ1) is 12.5. The number of carbonyl (C=O) groups excluding carboxylic acids is 1. The monoisotopic (exact) mass is 352 g/mol. The van der Waals surface area contributed by atoms with Crippen molar-refractivity contribution >= 4 is 22.6 Å². The number of amides is 1. The summed E-state index contributed by atoms with van der Waals surface area (Å²) in [5.74, 6) is 0.664. The Hall–Kier alpha value is -3.22. The van der Waals surface area contributed by atoms with E-state index in [0.717, 1.165) is 16.9 Å². The van der Waals surface area contributed by atoms with E-state index in [1.54, 1.807) is 0 Å². The molecule has 0 spiro atoms. The molecule has 0 saturated heterocycles. The highest BCUT2D eigenvalue weighted by molar-refractivity contribution is 5.94. The summed E-state index contributed by atoms with van der Waals surface area (Å²) >= 11 is 0. The van der Waals surface area contributed by atoms with E-state index in [-0.39, 0.29) is 17.6 Å². The SMILES string of the molecule is CC(C)n1c(CCNC(=O)c2ccc([N+](=O)[O-])cc2)nc2ccccc21. The van der Waals surface area contributed by atoms with Gasteiger partial charge in [0.1, 0.15) is 5.82 Å². The maximum absolute atomic E-state index is 12.2. The van der Waals surface area contributed by atoms with Gasteiger partial charge in [-0.1, -0.05) is 12.1 Å². The third-order valence-electron chi connectivity index (χ3n) is 4.16. The van der Waals surface area contributed by atoms with Gasteiger partial charge in [-0.15, -0.1) is 0 Å². The molecule has 0 unspecified atom stereocenters. The van der Waals surface area contributed by atoms with Crippen LogP contribution >= 0.6 is 0 Å². The number of hydrogen-bond donors (Lipinski definition) is 1. The number of imidazole rings is 1. The van der Waals surface area contributed by atoms with Crippen LogP contribution in [0, 0.1) is 10.1 Å². The zero-order chi connectivity index (χ0) is 18.7. The molecular formula is C19H20N4O3. The molecule has 0 radical (unpaired) electrons. The number of nitro groups is 1. The number of aromatic nitrogens is 2. The number of benzene rings is 2. The lowest BCUT2D eigenvalue weighted by Gasteiger charge is -2.13. The summed E-state index contributed by atoms with van der Waals surface area (Å²) in [4.78, 5) is 27.0. The highest BCUT2D eigenvalue weighted by atomic mass is 16.6. The molecule has 134 valence electrons. The highest BCUT2D eigenvalue weighted by Gasteiger charge is 2.14. The van der Waals surface area contributed by atoms with E-state index in [9.17, 15) is 14.9 Å². The number of para-hydroxylation sites is 2. The van der Waals surface area contributed by atoms with Crippen molar-refractivity contribution in [3.63, 3.8) is 0 Å². The number of rotatable bonds is 6. The lowest BCUT2D eigenvalue weighted by Crippen LogP contribution is -2.26. The van der Waals surface area contributed by atoms with Crippen LogP contribution in [0.15, 0.2) is 48.5 Å². The molecule has 0 saturated carbocycles. The lowest BCUT2D eigenvalue weighted by atomic mass is 10.2. The van der Waals surface area contributed by atoms with Crippen molar-refractivity contribution in [1.82, 2.24) is 14.9 Å². The average Bonchev–Trinajstić information content (AvgIpc) is 3.00. The maximum atomic E-state index is 12.2. The van der Waals surface area contributed by atoms with Gasteiger partial charge >= 0.3 is 0 Å². The van der Waals surface area contributed by atoms with Gasteiger partial charge in [-0.3, -0.25) is 14.9 Å². The first-order valence-electron chi connectivity index (χ1n) is 8.46. The topological polar surface area (TPSA) is 90.1 Å². The third kappa shape index (κ3) is 3.56. The van der Waals surface area contributed by atoms with Gasteiger partial charge in [0.15, 0.2) is 0 Å². The second-order valence-electron chi connectivity index (χ2n) is 6.29. The summed E-state index contributed by atoms with van der Waals surface area (Å²) in [5.41, 5.74) is 2.39. The summed E-state index contributed by atoms with van der Waals surface area (Å²) in [6, 6.07) is 13.8. The van der Waals surface area contributed by atoms with E-state index >= 15 is 0 Å². The Kier molecular flexibility index (Phi) is 4.97. The molecule has 0 aliphatic carbocycles. The summed E-state index contributed by atoms with van der Waals surface area (Å²) in [7, 11) is 0. The van der Waals surface area contributed by atoms with Crippen molar-refractivity contribution in [2.75, 3.05) is 6.54 Å². The second kappa shape index (κ2) is 7.35. The van der Waals surface area contributed by atoms with E-state index in [4.69, 9.17) is 0 Å². The van der Waals surface area contributed by atoms with Gasteiger partial charge in [-0.25, -0.2) is 4.98 Å². The number of nitro benzene ring substituents is 1.